The van der Waals surface area contributed by atoms with E-state index in [-0.39, 0.29) is 17.7 Å². The lowest BCUT2D eigenvalue weighted by atomic mass is 10.2. The summed E-state index contributed by atoms with van der Waals surface area (Å²) in [6, 6.07) is 5.81. The van der Waals surface area contributed by atoms with Crippen LogP contribution in [-0.4, -0.2) is 31.5 Å². The summed E-state index contributed by atoms with van der Waals surface area (Å²) in [6.45, 7) is 0. The maximum atomic E-state index is 11.7. The molecule has 0 heterocycles. The molecule has 0 radical (unpaired) electrons. The van der Waals surface area contributed by atoms with E-state index in [9.17, 15) is 18.0 Å². The van der Waals surface area contributed by atoms with Crippen molar-refractivity contribution in [3.63, 3.8) is 0 Å². The Bertz CT molecular complexity index is 554. The van der Waals surface area contributed by atoms with E-state index in [2.05, 4.69) is 4.18 Å². The van der Waals surface area contributed by atoms with Crippen molar-refractivity contribution >= 4 is 22.1 Å². The van der Waals surface area contributed by atoms with E-state index >= 15 is 0 Å². The van der Waals surface area contributed by atoms with E-state index in [4.69, 9.17) is 10.8 Å². The lowest BCUT2D eigenvalue weighted by molar-refractivity contribution is -0.138. The van der Waals surface area contributed by atoms with Gasteiger partial charge in [-0.3, -0.25) is 4.79 Å². The molecule has 8 heteroatoms. The molecule has 104 valence electrons. The normalized spacial score (nSPS) is 12.7. The zero-order valence-corrected chi connectivity index (χ0v) is 10.7. The summed E-state index contributed by atoms with van der Waals surface area (Å²) in [5.74, 6) is -2.31. The molecule has 0 saturated heterocycles. The van der Waals surface area contributed by atoms with E-state index in [0.29, 0.717) is 0 Å². The van der Waals surface area contributed by atoms with E-state index in [0.717, 1.165) is 0 Å². The molecule has 0 saturated carbocycles. The molecule has 0 aliphatic carbocycles. The number of aliphatic carboxylic acids is 1. The second kappa shape index (κ2) is 6.30. The van der Waals surface area contributed by atoms with Gasteiger partial charge in [-0.25, -0.2) is 4.79 Å². The van der Waals surface area contributed by atoms with Gasteiger partial charge in [-0.2, -0.15) is 8.42 Å². The molecule has 1 unspecified atom stereocenters. The van der Waals surface area contributed by atoms with Crippen molar-refractivity contribution in [1.82, 2.24) is 0 Å². The fourth-order valence-corrected chi connectivity index (χ4v) is 2.13. The Kier molecular flexibility index (Phi) is 5.02. The SMILES string of the molecule is NC(CCC(=O)O)C(=O)OS(=O)(=O)c1ccccc1. The highest BCUT2D eigenvalue weighted by atomic mass is 32.2. The first-order valence-corrected chi connectivity index (χ1v) is 6.74. The van der Waals surface area contributed by atoms with Gasteiger partial charge in [-0.15, -0.1) is 0 Å². The van der Waals surface area contributed by atoms with Crippen LogP contribution in [0.4, 0.5) is 0 Å². The molecule has 19 heavy (non-hydrogen) atoms. The molecule has 1 aromatic carbocycles. The summed E-state index contributed by atoms with van der Waals surface area (Å²) in [6.07, 6.45) is -0.542. The van der Waals surface area contributed by atoms with Crippen molar-refractivity contribution in [3.05, 3.63) is 30.3 Å². The number of carboxylic acid groups (broad SMARTS) is 1. The smallest absolute Gasteiger partial charge is 0.341 e. The third-order valence-electron chi connectivity index (χ3n) is 2.20. The van der Waals surface area contributed by atoms with Gasteiger partial charge in [-0.1, -0.05) is 18.2 Å². The highest BCUT2D eigenvalue weighted by Gasteiger charge is 2.24. The van der Waals surface area contributed by atoms with Crippen LogP contribution in [0.5, 0.6) is 0 Å². The number of hydrogen-bond acceptors (Lipinski definition) is 6. The van der Waals surface area contributed by atoms with Crippen molar-refractivity contribution in [2.45, 2.75) is 23.8 Å². The summed E-state index contributed by atoms with van der Waals surface area (Å²) in [5.41, 5.74) is 5.35. The Balaban J connectivity index is 2.68. The lowest BCUT2D eigenvalue weighted by Gasteiger charge is -2.10. The molecular formula is C11H13NO6S. The van der Waals surface area contributed by atoms with Crippen LogP contribution in [0, 0.1) is 0 Å². The Morgan fingerprint density at radius 1 is 1.26 bits per heavy atom. The van der Waals surface area contributed by atoms with Crippen LogP contribution in [0.3, 0.4) is 0 Å². The van der Waals surface area contributed by atoms with E-state index < -0.39 is 28.1 Å². The maximum Gasteiger partial charge on any atom is 0.341 e. The largest absolute Gasteiger partial charge is 0.481 e. The number of carbonyl (C=O) groups is 2. The third-order valence-corrected chi connectivity index (χ3v) is 3.43. The molecule has 0 aliphatic rings. The van der Waals surface area contributed by atoms with Crippen LogP contribution in [0.2, 0.25) is 0 Å². The molecule has 1 aromatic rings. The van der Waals surface area contributed by atoms with E-state index in [1.807, 2.05) is 0 Å². The molecule has 7 nitrogen and oxygen atoms in total. The highest BCUT2D eigenvalue weighted by molar-refractivity contribution is 7.87. The minimum absolute atomic E-state index is 0.172. The number of carboxylic acids is 1. The Labute approximate surface area is 110 Å². The molecule has 3 N–H and O–H groups in total. The first-order chi connectivity index (χ1) is 8.83. The maximum absolute atomic E-state index is 11.7. The van der Waals surface area contributed by atoms with Gasteiger partial charge in [0, 0.05) is 6.42 Å². The number of rotatable bonds is 6. The third kappa shape index (κ3) is 4.68. The second-order valence-electron chi connectivity index (χ2n) is 3.71. The standard InChI is InChI=1S/C11H13NO6S/c12-9(6-7-10(13)14)11(15)18-19(16,17)8-4-2-1-3-5-8/h1-5,9H,6-7,12H2,(H,13,14). The van der Waals surface area contributed by atoms with Crippen LogP contribution in [0.25, 0.3) is 0 Å². The number of benzene rings is 1. The van der Waals surface area contributed by atoms with Gasteiger partial charge >= 0.3 is 22.1 Å². The van der Waals surface area contributed by atoms with Gasteiger partial charge in [0.15, 0.2) is 0 Å². The summed E-state index contributed by atoms with van der Waals surface area (Å²) in [5, 5.41) is 8.43. The van der Waals surface area contributed by atoms with Gasteiger partial charge in [0.05, 0.1) is 0 Å². The van der Waals surface area contributed by atoms with Crippen molar-refractivity contribution in [2.24, 2.45) is 5.73 Å². The highest BCUT2D eigenvalue weighted by Crippen LogP contribution is 2.12. The van der Waals surface area contributed by atoms with Crippen LogP contribution >= 0.6 is 0 Å². The van der Waals surface area contributed by atoms with Crippen LogP contribution < -0.4 is 5.73 Å². The molecule has 1 atom stereocenters. The summed E-state index contributed by atoms with van der Waals surface area (Å²) >= 11 is 0. The van der Waals surface area contributed by atoms with Crippen molar-refractivity contribution in [2.75, 3.05) is 0 Å². The predicted molar refractivity (Wildman–Crippen MR) is 64.6 cm³/mol. The Hall–Kier alpha value is -1.93. The quantitative estimate of drug-likeness (QED) is 0.711. The molecule has 0 spiro atoms. The predicted octanol–water partition coefficient (Wildman–Crippen LogP) is 0.111. The van der Waals surface area contributed by atoms with Gasteiger partial charge in [0.2, 0.25) is 0 Å². The first-order valence-electron chi connectivity index (χ1n) is 5.33. The molecule has 0 aliphatic heterocycles. The zero-order valence-electron chi connectivity index (χ0n) is 9.85. The second-order valence-corrected chi connectivity index (χ2v) is 5.25. The topological polar surface area (TPSA) is 124 Å². The lowest BCUT2D eigenvalue weighted by Crippen LogP contribution is -2.34. The van der Waals surface area contributed by atoms with E-state index in [1.165, 1.54) is 24.3 Å². The van der Waals surface area contributed by atoms with E-state index in [1.54, 1.807) is 6.07 Å². The molecule has 0 aromatic heterocycles. The van der Waals surface area contributed by atoms with Crippen molar-refractivity contribution < 1.29 is 27.3 Å². The summed E-state index contributed by atoms with van der Waals surface area (Å²) in [4.78, 5) is 21.6. The van der Waals surface area contributed by atoms with Gasteiger partial charge in [-0.05, 0) is 18.6 Å². The number of nitrogens with two attached hydrogens (primary N) is 1. The van der Waals surface area contributed by atoms with Gasteiger partial charge < -0.3 is 15.0 Å². The summed E-state index contributed by atoms with van der Waals surface area (Å²) in [7, 11) is -4.22. The minimum Gasteiger partial charge on any atom is -0.481 e. The number of carbonyl (C=O) groups excluding carboxylic acids is 1. The molecule has 0 amide bonds. The first kappa shape index (κ1) is 15.1. The van der Waals surface area contributed by atoms with Gasteiger partial charge in [0.1, 0.15) is 10.9 Å². The van der Waals surface area contributed by atoms with Crippen LogP contribution in [0.1, 0.15) is 12.8 Å². The van der Waals surface area contributed by atoms with Crippen LogP contribution in [-0.2, 0) is 23.9 Å². The average Bonchev–Trinajstić information content (AvgIpc) is 2.36. The molecular weight excluding hydrogens is 274 g/mol. The van der Waals surface area contributed by atoms with Crippen molar-refractivity contribution in [1.29, 1.82) is 0 Å². The Morgan fingerprint density at radius 3 is 2.37 bits per heavy atom. The van der Waals surface area contributed by atoms with Crippen molar-refractivity contribution in [3.8, 4) is 0 Å². The zero-order chi connectivity index (χ0) is 14.5. The summed E-state index contributed by atoms with van der Waals surface area (Å²) < 4.78 is 27.7. The van der Waals surface area contributed by atoms with Crippen LogP contribution in [0.15, 0.2) is 35.2 Å². The Morgan fingerprint density at radius 2 is 1.84 bits per heavy atom. The fraction of sp³-hybridized carbons (Fsp3) is 0.273. The molecule has 0 bridgehead atoms. The van der Waals surface area contributed by atoms with Gasteiger partial charge in [0.25, 0.3) is 0 Å². The minimum atomic E-state index is -4.22. The number of hydrogen-bond donors (Lipinski definition) is 2. The average molecular weight is 287 g/mol. The molecule has 1 rings (SSSR count). The molecule has 0 fully saturated rings. The monoisotopic (exact) mass is 287 g/mol. The fourth-order valence-electron chi connectivity index (χ4n) is 1.20.